The largest absolute Gasteiger partial charge is 0.391 e. The molecule has 116 valence electrons. The molecule has 0 aliphatic heterocycles. The van der Waals surface area contributed by atoms with Crippen molar-refractivity contribution in [3.05, 3.63) is 33.9 Å². The third kappa shape index (κ3) is 5.39. The van der Waals surface area contributed by atoms with Crippen LogP contribution in [0.15, 0.2) is 18.2 Å². The molecule has 0 bridgehead atoms. The van der Waals surface area contributed by atoms with E-state index in [-0.39, 0.29) is 12.2 Å². The first kappa shape index (κ1) is 16.9. The van der Waals surface area contributed by atoms with E-state index in [1.807, 2.05) is 13.8 Å². The van der Waals surface area contributed by atoms with E-state index in [4.69, 9.17) is 0 Å². The molecule has 21 heavy (non-hydrogen) atoms. The Balaban J connectivity index is 2.59. The van der Waals surface area contributed by atoms with E-state index in [9.17, 15) is 20.0 Å². The average molecular weight is 295 g/mol. The van der Waals surface area contributed by atoms with Crippen LogP contribution < -0.4 is 10.6 Å². The Bertz CT molecular complexity index is 517. The molecule has 7 heteroatoms. The molecule has 0 aliphatic carbocycles. The second kappa shape index (κ2) is 7.58. The molecule has 3 N–H and O–H groups in total. The van der Waals surface area contributed by atoms with Gasteiger partial charge in [-0.2, -0.15) is 0 Å². The lowest BCUT2D eigenvalue weighted by molar-refractivity contribution is -0.385. The summed E-state index contributed by atoms with van der Waals surface area (Å²) in [4.78, 5) is 22.1. The molecule has 0 saturated carbocycles. The second-order valence-electron chi connectivity index (χ2n) is 5.33. The fourth-order valence-electron chi connectivity index (χ4n) is 1.96. The van der Waals surface area contributed by atoms with Crippen LogP contribution in [0, 0.1) is 23.0 Å². The number of anilines is 1. The molecule has 0 saturated heterocycles. The molecule has 1 unspecified atom stereocenters. The minimum absolute atomic E-state index is 0.0485. The lowest BCUT2D eigenvalue weighted by atomic mass is 10.1. The summed E-state index contributed by atoms with van der Waals surface area (Å²) >= 11 is 0. The maximum Gasteiger partial charge on any atom is 0.319 e. The molecule has 0 radical (unpaired) electrons. The van der Waals surface area contributed by atoms with Crippen LogP contribution in [0.2, 0.25) is 0 Å². The van der Waals surface area contributed by atoms with Crippen LogP contribution in [0.5, 0.6) is 0 Å². The maximum atomic E-state index is 11.7. The number of amides is 2. The quantitative estimate of drug-likeness (QED) is 0.553. The van der Waals surface area contributed by atoms with E-state index in [1.54, 1.807) is 13.0 Å². The van der Waals surface area contributed by atoms with Gasteiger partial charge in [0, 0.05) is 12.6 Å². The summed E-state index contributed by atoms with van der Waals surface area (Å²) in [6.07, 6.45) is -0.0159. The molecule has 1 aromatic rings. The van der Waals surface area contributed by atoms with Crippen LogP contribution in [0.4, 0.5) is 16.2 Å². The van der Waals surface area contributed by atoms with E-state index in [0.29, 0.717) is 23.6 Å². The zero-order chi connectivity index (χ0) is 16.0. The van der Waals surface area contributed by atoms with Gasteiger partial charge >= 0.3 is 6.03 Å². The van der Waals surface area contributed by atoms with E-state index in [0.717, 1.165) is 0 Å². The van der Waals surface area contributed by atoms with Gasteiger partial charge in [0.2, 0.25) is 0 Å². The van der Waals surface area contributed by atoms with Crippen molar-refractivity contribution in [2.75, 3.05) is 11.9 Å². The van der Waals surface area contributed by atoms with Crippen LogP contribution in [0.25, 0.3) is 0 Å². The fourth-order valence-corrected chi connectivity index (χ4v) is 1.96. The van der Waals surface area contributed by atoms with Crippen LogP contribution in [-0.4, -0.2) is 28.7 Å². The van der Waals surface area contributed by atoms with Crippen molar-refractivity contribution in [3.8, 4) is 0 Å². The molecule has 0 spiro atoms. The molecule has 0 aliphatic rings. The number of nitro benzene ring substituents is 1. The molecule has 7 nitrogen and oxygen atoms in total. The molecular formula is C14H21N3O4. The molecule has 0 heterocycles. The molecule has 1 atom stereocenters. The summed E-state index contributed by atoms with van der Waals surface area (Å²) in [6, 6.07) is 3.98. The van der Waals surface area contributed by atoms with Gasteiger partial charge in [-0.1, -0.05) is 19.9 Å². The van der Waals surface area contributed by atoms with Crippen molar-refractivity contribution in [1.29, 1.82) is 0 Å². The normalized spacial score (nSPS) is 12.0. The molecule has 0 fully saturated rings. The average Bonchev–Trinajstić information content (AvgIpc) is 2.37. The van der Waals surface area contributed by atoms with E-state index < -0.39 is 17.1 Å². The highest BCUT2D eigenvalue weighted by atomic mass is 16.6. The second-order valence-corrected chi connectivity index (χ2v) is 5.33. The van der Waals surface area contributed by atoms with E-state index in [2.05, 4.69) is 10.6 Å². The SMILES string of the molecule is Cc1c(NC(=O)NCC(O)CC(C)C)cccc1[N+](=O)[O-]. The third-order valence-corrected chi connectivity index (χ3v) is 2.99. The molecule has 1 rings (SSSR count). The summed E-state index contributed by atoms with van der Waals surface area (Å²) in [5.41, 5.74) is 0.716. The number of hydrogen-bond acceptors (Lipinski definition) is 4. The minimum Gasteiger partial charge on any atom is -0.391 e. The number of carbonyl (C=O) groups is 1. The van der Waals surface area contributed by atoms with Gasteiger partial charge in [-0.15, -0.1) is 0 Å². The van der Waals surface area contributed by atoms with Crippen molar-refractivity contribution >= 4 is 17.4 Å². The number of nitrogens with zero attached hydrogens (tertiary/aromatic N) is 1. The predicted octanol–water partition coefficient (Wildman–Crippen LogP) is 2.43. The first-order valence-corrected chi connectivity index (χ1v) is 6.78. The van der Waals surface area contributed by atoms with Crippen molar-refractivity contribution in [3.63, 3.8) is 0 Å². The van der Waals surface area contributed by atoms with Crippen LogP contribution in [0.3, 0.4) is 0 Å². The van der Waals surface area contributed by atoms with Gasteiger partial charge in [0.15, 0.2) is 0 Å². The van der Waals surface area contributed by atoms with Gasteiger partial charge in [-0.3, -0.25) is 10.1 Å². The predicted molar refractivity (Wildman–Crippen MR) is 80.3 cm³/mol. The standard InChI is InChI=1S/C14H21N3O4/c1-9(2)7-11(18)8-15-14(19)16-12-5-4-6-13(10(12)3)17(20)21/h4-6,9,11,18H,7-8H2,1-3H3,(H2,15,16,19). The summed E-state index contributed by atoms with van der Waals surface area (Å²) in [7, 11) is 0. The van der Waals surface area contributed by atoms with Gasteiger partial charge in [0.1, 0.15) is 0 Å². The van der Waals surface area contributed by atoms with Crippen molar-refractivity contribution in [1.82, 2.24) is 5.32 Å². The lowest BCUT2D eigenvalue weighted by Crippen LogP contribution is -2.35. The Labute approximate surface area is 123 Å². The highest BCUT2D eigenvalue weighted by molar-refractivity contribution is 5.90. The number of urea groups is 1. The first-order chi connectivity index (χ1) is 9.81. The maximum absolute atomic E-state index is 11.7. The smallest absolute Gasteiger partial charge is 0.319 e. The van der Waals surface area contributed by atoms with Gasteiger partial charge in [-0.25, -0.2) is 4.79 Å². The number of nitrogens with one attached hydrogen (secondary N) is 2. The number of aliphatic hydroxyl groups excluding tert-OH is 1. The topological polar surface area (TPSA) is 104 Å². The number of carbonyl (C=O) groups excluding carboxylic acids is 1. The van der Waals surface area contributed by atoms with E-state index >= 15 is 0 Å². The van der Waals surface area contributed by atoms with Gasteiger partial charge in [0.05, 0.1) is 22.3 Å². The summed E-state index contributed by atoms with van der Waals surface area (Å²) in [5.74, 6) is 0.337. The highest BCUT2D eigenvalue weighted by Crippen LogP contribution is 2.24. The number of benzene rings is 1. The molecule has 1 aromatic carbocycles. The Hall–Kier alpha value is -2.15. The van der Waals surface area contributed by atoms with Crippen LogP contribution in [-0.2, 0) is 0 Å². The van der Waals surface area contributed by atoms with Crippen molar-refractivity contribution < 1.29 is 14.8 Å². The first-order valence-electron chi connectivity index (χ1n) is 6.78. The zero-order valence-electron chi connectivity index (χ0n) is 12.4. The monoisotopic (exact) mass is 295 g/mol. The van der Waals surface area contributed by atoms with Gasteiger partial charge < -0.3 is 15.7 Å². The Morgan fingerprint density at radius 3 is 2.67 bits per heavy atom. The zero-order valence-corrected chi connectivity index (χ0v) is 12.4. The van der Waals surface area contributed by atoms with Gasteiger partial charge in [0.25, 0.3) is 5.69 Å². The molecular weight excluding hydrogens is 274 g/mol. The summed E-state index contributed by atoms with van der Waals surface area (Å²) in [6.45, 7) is 5.67. The van der Waals surface area contributed by atoms with Gasteiger partial charge in [-0.05, 0) is 25.3 Å². The van der Waals surface area contributed by atoms with E-state index in [1.165, 1.54) is 12.1 Å². The Kier molecular flexibility index (Phi) is 6.10. The van der Waals surface area contributed by atoms with Crippen LogP contribution >= 0.6 is 0 Å². The van der Waals surface area contributed by atoms with Crippen molar-refractivity contribution in [2.45, 2.75) is 33.3 Å². The lowest BCUT2D eigenvalue weighted by Gasteiger charge is -2.15. The van der Waals surface area contributed by atoms with Crippen LogP contribution in [0.1, 0.15) is 25.8 Å². The minimum atomic E-state index is -0.609. The Morgan fingerprint density at radius 1 is 1.43 bits per heavy atom. The number of rotatable bonds is 6. The summed E-state index contributed by atoms with van der Waals surface area (Å²) in [5, 5.41) is 25.6. The number of nitro groups is 1. The molecule has 0 aromatic heterocycles. The fraction of sp³-hybridized carbons (Fsp3) is 0.500. The Morgan fingerprint density at radius 2 is 2.10 bits per heavy atom. The summed E-state index contributed by atoms with van der Waals surface area (Å²) < 4.78 is 0. The highest BCUT2D eigenvalue weighted by Gasteiger charge is 2.15. The number of aliphatic hydroxyl groups is 1. The number of hydrogen-bond donors (Lipinski definition) is 3. The molecule has 2 amide bonds. The van der Waals surface area contributed by atoms with Crippen molar-refractivity contribution in [2.24, 2.45) is 5.92 Å². The third-order valence-electron chi connectivity index (χ3n) is 2.99.